The van der Waals surface area contributed by atoms with E-state index in [1.807, 2.05) is 12.3 Å². The van der Waals surface area contributed by atoms with Crippen LogP contribution in [0.1, 0.15) is 19.4 Å². The van der Waals surface area contributed by atoms with Gasteiger partial charge in [-0.25, -0.2) is 0 Å². The molecule has 3 rings (SSSR count). The van der Waals surface area contributed by atoms with Crippen molar-refractivity contribution in [2.45, 2.75) is 13.8 Å². The molecule has 1 saturated heterocycles. The van der Waals surface area contributed by atoms with Crippen molar-refractivity contribution in [1.29, 1.82) is 0 Å². The number of nitrogens with zero attached hydrogens (tertiary/aromatic N) is 1. The van der Waals surface area contributed by atoms with Crippen LogP contribution < -0.4 is 0 Å². The molecule has 0 bridgehead atoms. The van der Waals surface area contributed by atoms with E-state index in [0.29, 0.717) is 0 Å². The minimum Gasteiger partial charge on any atom is -0.256 e. The summed E-state index contributed by atoms with van der Waals surface area (Å²) in [4.78, 5) is 4.52. The monoisotopic (exact) mass is 238 g/mol. The summed E-state index contributed by atoms with van der Waals surface area (Å²) in [5, 5.41) is 1.21. The highest BCUT2D eigenvalue weighted by Crippen LogP contribution is 2.56. The summed E-state index contributed by atoms with van der Waals surface area (Å²) >= 11 is 0. The van der Waals surface area contributed by atoms with E-state index >= 15 is 0 Å². The predicted octanol–water partition coefficient (Wildman–Crippen LogP) is 4.43. The zero-order valence-corrected chi connectivity index (χ0v) is 10.8. The Hall–Kier alpha value is -0.940. The predicted molar refractivity (Wildman–Crippen MR) is 73.1 cm³/mol. The van der Waals surface area contributed by atoms with E-state index in [1.54, 1.807) is 0 Å². The molecule has 2 heterocycles. The van der Waals surface area contributed by atoms with Crippen molar-refractivity contribution in [3.8, 4) is 0 Å². The van der Waals surface area contributed by atoms with Gasteiger partial charge in [-0.05, 0) is 29.6 Å². The van der Waals surface area contributed by atoms with E-state index < -0.39 is 0 Å². The summed E-state index contributed by atoms with van der Waals surface area (Å²) < 4.78 is 0. The maximum atomic E-state index is 4.52. The summed E-state index contributed by atoms with van der Waals surface area (Å²) in [5.41, 5.74) is 3.78. The van der Waals surface area contributed by atoms with Crippen LogP contribution in [0.3, 0.4) is 0 Å². The Balaban J connectivity index is 2.11. The first-order valence-electron chi connectivity index (χ1n) is 5.70. The Bertz CT molecular complexity index is 532. The van der Waals surface area contributed by atoms with Crippen molar-refractivity contribution >= 4 is 19.5 Å². The number of benzene rings is 1. The highest BCUT2D eigenvalue weighted by atomic mass is 31.1. The SMILES string of the molecule is C[C]1[CH][P][C](c2cccc3cccnc23)[C]1C. The molecule has 0 N–H and O–H groups in total. The van der Waals surface area contributed by atoms with Gasteiger partial charge < -0.3 is 0 Å². The minimum atomic E-state index is 1.11. The highest BCUT2D eigenvalue weighted by molar-refractivity contribution is 7.46. The first-order chi connectivity index (χ1) is 8.27. The van der Waals surface area contributed by atoms with Gasteiger partial charge in [0.15, 0.2) is 0 Å². The third-order valence-corrected chi connectivity index (χ3v) is 4.57. The maximum absolute atomic E-state index is 4.52. The van der Waals surface area contributed by atoms with Gasteiger partial charge in [-0.3, -0.25) is 4.98 Å². The Morgan fingerprint density at radius 1 is 1.06 bits per heavy atom. The van der Waals surface area contributed by atoms with E-state index in [1.165, 1.54) is 37.0 Å². The number of pyridine rings is 1. The molecule has 0 saturated carbocycles. The van der Waals surface area contributed by atoms with Gasteiger partial charge in [0.1, 0.15) is 0 Å². The minimum absolute atomic E-state index is 1.11. The molecule has 17 heavy (non-hydrogen) atoms. The van der Waals surface area contributed by atoms with Crippen LogP contribution in [0.2, 0.25) is 0 Å². The molecule has 1 fully saturated rings. The topological polar surface area (TPSA) is 12.9 Å². The fourth-order valence-electron chi connectivity index (χ4n) is 2.11. The molecule has 0 atom stereocenters. The molecule has 2 heteroatoms. The number of hydrogen-bond acceptors (Lipinski definition) is 1. The van der Waals surface area contributed by atoms with Crippen molar-refractivity contribution in [2.24, 2.45) is 0 Å². The van der Waals surface area contributed by atoms with E-state index in [9.17, 15) is 0 Å². The molecule has 1 nitrogen and oxygen atoms in total. The normalized spacial score (nSPS) is 20.6. The number of aromatic nitrogens is 1. The molecule has 0 amide bonds. The average molecular weight is 238 g/mol. The van der Waals surface area contributed by atoms with Crippen LogP contribution in [0.5, 0.6) is 0 Å². The molecular weight excluding hydrogens is 225 g/mol. The van der Waals surface area contributed by atoms with E-state index in [2.05, 4.69) is 49.3 Å². The van der Waals surface area contributed by atoms with Crippen molar-refractivity contribution in [2.75, 3.05) is 0 Å². The quantitative estimate of drug-likeness (QED) is 0.670. The van der Waals surface area contributed by atoms with Crippen molar-refractivity contribution in [3.63, 3.8) is 0 Å². The molecule has 0 aliphatic carbocycles. The summed E-state index contributed by atoms with van der Waals surface area (Å²) in [5.74, 6) is 2.78. The number of hydrogen-bond donors (Lipinski definition) is 0. The number of fused-ring (bicyclic) bond motifs is 1. The zero-order valence-electron chi connectivity index (χ0n) is 9.94. The van der Waals surface area contributed by atoms with Crippen LogP contribution in [0, 0.1) is 23.7 Å². The second-order valence-corrected chi connectivity index (χ2v) is 5.26. The summed E-state index contributed by atoms with van der Waals surface area (Å²) in [6, 6.07) is 10.5. The van der Waals surface area contributed by atoms with Gasteiger partial charge in [0.25, 0.3) is 0 Å². The van der Waals surface area contributed by atoms with Crippen LogP contribution in [0.15, 0.2) is 36.5 Å². The van der Waals surface area contributed by atoms with Gasteiger partial charge >= 0.3 is 0 Å². The Morgan fingerprint density at radius 3 is 2.65 bits per heavy atom. The van der Waals surface area contributed by atoms with Gasteiger partial charge in [-0.2, -0.15) is 0 Å². The molecular formula is C15H13NP. The number of para-hydroxylation sites is 1. The average Bonchev–Trinajstić information content (AvgIpc) is 2.69. The molecule has 1 aromatic carbocycles. The lowest BCUT2D eigenvalue weighted by Gasteiger charge is -2.17. The van der Waals surface area contributed by atoms with Crippen LogP contribution in [-0.2, 0) is 0 Å². The first kappa shape index (κ1) is 11.2. The van der Waals surface area contributed by atoms with Crippen molar-refractivity contribution in [1.82, 2.24) is 4.98 Å². The molecule has 2 aromatic rings. The largest absolute Gasteiger partial charge is 0.256 e. The molecule has 1 aliphatic rings. The highest BCUT2D eigenvalue weighted by Gasteiger charge is 2.34. The Kier molecular flexibility index (Phi) is 2.88. The summed E-state index contributed by atoms with van der Waals surface area (Å²) in [7, 11) is 1.29. The Labute approximate surface area is 104 Å². The van der Waals surface area contributed by atoms with Gasteiger partial charge in [0, 0.05) is 17.2 Å². The summed E-state index contributed by atoms with van der Waals surface area (Å²) in [6.07, 6.45) is 4.14. The number of rotatable bonds is 1. The first-order valence-corrected chi connectivity index (χ1v) is 6.67. The molecule has 5 radical (unpaired) electrons. The van der Waals surface area contributed by atoms with Gasteiger partial charge in [-0.15, -0.1) is 0 Å². The van der Waals surface area contributed by atoms with Gasteiger partial charge in [0.2, 0.25) is 0 Å². The summed E-state index contributed by atoms with van der Waals surface area (Å²) in [6.45, 7) is 4.37. The Morgan fingerprint density at radius 2 is 1.88 bits per heavy atom. The molecule has 1 aliphatic heterocycles. The zero-order chi connectivity index (χ0) is 11.8. The fraction of sp³-hybridized carbons (Fsp3) is 0.133. The van der Waals surface area contributed by atoms with Gasteiger partial charge in [0.05, 0.1) is 5.52 Å². The van der Waals surface area contributed by atoms with E-state index in [-0.39, 0.29) is 0 Å². The van der Waals surface area contributed by atoms with Gasteiger partial charge in [-0.1, -0.05) is 46.7 Å². The molecule has 83 valence electrons. The van der Waals surface area contributed by atoms with Crippen LogP contribution in [-0.4, -0.2) is 4.98 Å². The fourth-order valence-corrected chi connectivity index (χ4v) is 3.31. The lowest BCUT2D eigenvalue weighted by molar-refractivity contribution is 1.03. The van der Waals surface area contributed by atoms with Crippen LogP contribution >= 0.6 is 8.58 Å². The maximum Gasteiger partial charge on any atom is 0.0744 e. The second-order valence-electron chi connectivity index (χ2n) is 4.30. The van der Waals surface area contributed by atoms with Crippen molar-refractivity contribution in [3.05, 3.63) is 65.7 Å². The van der Waals surface area contributed by atoms with Crippen molar-refractivity contribution < 1.29 is 0 Å². The smallest absolute Gasteiger partial charge is 0.0744 e. The van der Waals surface area contributed by atoms with Crippen LogP contribution in [0.25, 0.3) is 10.9 Å². The third kappa shape index (κ3) is 1.87. The van der Waals surface area contributed by atoms with Crippen LogP contribution in [0.4, 0.5) is 0 Å². The third-order valence-electron chi connectivity index (χ3n) is 3.22. The second kappa shape index (κ2) is 4.38. The lowest BCUT2D eigenvalue weighted by atomic mass is 9.90. The molecule has 0 spiro atoms. The lowest BCUT2D eigenvalue weighted by Crippen LogP contribution is -2.04. The van der Waals surface area contributed by atoms with E-state index in [4.69, 9.17) is 0 Å². The molecule has 1 aromatic heterocycles. The standard InChI is InChI=1S/C15H13NP/c1-10-9-17-15(11(10)2)13-7-3-5-12-6-4-8-16-14(12)13/h3-9H,1-2H3. The van der Waals surface area contributed by atoms with E-state index in [0.717, 1.165) is 5.52 Å². The molecule has 0 unspecified atom stereocenters.